The Balaban J connectivity index is 0.942. The van der Waals surface area contributed by atoms with Gasteiger partial charge in [-0.05, 0) is 117 Å². The second-order valence-electron chi connectivity index (χ2n) is 20.7. The van der Waals surface area contributed by atoms with Gasteiger partial charge in [0.15, 0.2) is 17.5 Å². The van der Waals surface area contributed by atoms with Crippen LogP contribution in [0.2, 0.25) is 0 Å². The first-order valence-corrected chi connectivity index (χ1v) is 27.4. The topological polar surface area (TPSA) is 61.7 Å². The van der Waals surface area contributed by atoms with Crippen molar-refractivity contribution in [1.82, 2.24) is 24.1 Å². The molecule has 0 amide bonds. The minimum atomic E-state index is 0.560. The van der Waals surface area contributed by atoms with Crippen molar-refractivity contribution in [3.05, 3.63) is 285 Å². The van der Waals surface area contributed by atoms with Gasteiger partial charge >= 0.3 is 0 Å². The molecule has 0 bridgehead atoms. The molecule has 0 aliphatic carbocycles. The van der Waals surface area contributed by atoms with Crippen LogP contribution in [-0.4, -0.2) is 24.1 Å². The third kappa shape index (κ3) is 7.76. The Morgan fingerprint density at radius 2 is 0.716 bits per heavy atom. The predicted molar refractivity (Wildman–Crippen MR) is 334 cm³/mol. The Kier molecular flexibility index (Phi) is 10.8. The van der Waals surface area contributed by atoms with Crippen molar-refractivity contribution >= 4 is 65.6 Å². The van der Waals surface area contributed by atoms with Crippen LogP contribution in [0.15, 0.2) is 290 Å². The van der Waals surface area contributed by atoms with Crippen LogP contribution in [-0.2, 0) is 0 Å². The normalized spacial score (nSPS) is 11.7. The smallest absolute Gasteiger partial charge is 0.166 e. The molecule has 6 heteroatoms. The molecule has 81 heavy (non-hydrogen) atoms. The first kappa shape index (κ1) is 46.2. The monoisotopic (exact) mass is 1030 g/mol. The number of fused-ring (bicyclic) bond motifs is 9. The van der Waals surface area contributed by atoms with Gasteiger partial charge in [-0.2, -0.15) is 0 Å². The molecule has 16 rings (SSSR count). The molecule has 0 radical (unpaired) electrons. The second kappa shape index (κ2) is 18.9. The summed E-state index contributed by atoms with van der Waals surface area (Å²) >= 11 is 0. The minimum Gasteiger partial charge on any atom is -0.456 e. The molecule has 0 aliphatic heterocycles. The van der Waals surface area contributed by atoms with E-state index in [4.69, 9.17) is 19.4 Å². The maximum atomic E-state index is 6.31. The van der Waals surface area contributed by atoms with Crippen molar-refractivity contribution in [2.75, 3.05) is 0 Å². The van der Waals surface area contributed by atoms with Gasteiger partial charge in [0.2, 0.25) is 0 Å². The van der Waals surface area contributed by atoms with Crippen molar-refractivity contribution in [1.29, 1.82) is 0 Å². The zero-order valence-electron chi connectivity index (χ0n) is 43.8. The van der Waals surface area contributed by atoms with Crippen molar-refractivity contribution in [2.45, 2.75) is 0 Å². The maximum absolute atomic E-state index is 6.31. The quantitative estimate of drug-likeness (QED) is 0.145. The minimum absolute atomic E-state index is 0.560. The Morgan fingerprint density at radius 1 is 0.247 bits per heavy atom. The summed E-state index contributed by atoms with van der Waals surface area (Å²) in [5, 5.41) is 6.75. The van der Waals surface area contributed by atoms with Gasteiger partial charge in [0, 0.05) is 54.7 Å². The molecule has 378 valence electrons. The molecule has 0 saturated carbocycles. The summed E-state index contributed by atoms with van der Waals surface area (Å²) in [6, 6.07) is 101. The van der Waals surface area contributed by atoms with E-state index >= 15 is 0 Å². The number of benzene rings is 12. The summed E-state index contributed by atoms with van der Waals surface area (Å²) in [6.45, 7) is 0. The van der Waals surface area contributed by atoms with Crippen LogP contribution < -0.4 is 0 Å². The van der Waals surface area contributed by atoms with Gasteiger partial charge in [-0.3, -0.25) is 0 Å². The van der Waals surface area contributed by atoms with Crippen LogP contribution in [0.3, 0.4) is 0 Å². The second-order valence-corrected chi connectivity index (χ2v) is 20.7. The van der Waals surface area contributed by atoms with Gasteiger partial charge in [-0.25, -0.2) is 15.0 Å². The van der Waals surface area contributed by atoms with Crippen molar-refractivity contribution in [3.8, 4) is 90.0 Å². The number of furan rings is 1. The summed E-state index contributed by atoms with van der Waals surface area (Å²) in [4.78, 5) is 16.2. The van der Waals surface area contributed by atoms with E-state index in [-0.39, 0.29) is 0 Å². The fraction of sp³-hybridized carbons (Fsp3) is 0. The lowest BCUT2D eigenvalue weighted by Crippen LogP contribution is -2.04. The van der Waals surface area contributed by atoms with Crippen molar-refractivity contribution in [3.63, 3.8) is 0 Å². The zero-order chi connectivity index (χ0) is 53.4. The van der Waals surface area contributed by atoms with E-state index in [0.717, 1.165) is 111 Å². The van der Waals surface area contributed by atoms with Gasteiger partial charge in [-0.15, -0.1) is 0 Å². The Morgan fingerprint density at radius 3 is 1.41 bits per heavy atom. The Hall–Kier alpha value is -11.0. The lowest BCUT2D eigenvalue weighted by molar-refractivity contribution is 0.669. The molecule has 0 spiro atoms. The lowest BCUT2D eigenvalue weighted by atomic mass is 9.95. The maximum Gasteiger partial charge on any atom is 0.166 e. The van der Waals surface area contributed by atoms with E-state index in [0.29, 0.717) is 17.5 Å². The number of hydrogen-bond donors (Lipinski definition) is 0. The molecule has 0 atom stereocenters. The Labute approximate surface area is 466 Å². The molecule has 6 nitrogen and oxygen atoms in total. The molecule has 16 aromatic rings. The average molecular weight is 1030 g/mol. The van der Waals surface area contributed by atoms with Crippen molar-refractivity contribution in [2.24, 2.45) is 0 Å². The van der Waals surface area contributed by atoms with Crippen molar-refractivity contribution < 1.29 is 4.42 Å². The van der Waals surface area contributed by atoms with Gasteiger partial charge in [0.05, 0.1) is 27.8 Å². The van der Waals surface area contributed by atoms with Gasteiger partial charge in [0.25, 0.3) is 0 Å². The Bertz CT molecular complexity index is 5080. The van der Waals surface area contributed by atoms with E-state index in [1.165, 1.54) is 27.5 Å². The molecule has 0 saturated heterocycles. The lowest BCUT2D eigenvalue weighted by Gasteiger charge is -2.17. The number of aromatic nitrogens is 5. The third-order valence-corrected chi connectivity index (χ3v) is 16.0. The number of rotatable bonds is 9. The van der Waals surface area contributed by atoms with Crippen LogP contribution in [0.25, 0.3) is 156 Å². The summed E-state index contributed by atoms with van der Waals surface area (Å²) < 4.78 is 11.2. The molecule has 12 aromatic carbocycles. The molecule has 0 unspecified atom stereocenters. The third-order valence-electron chi connectivity index (χ3n) is 16.0. The average Bonchev–Trinajstić information content (AvgIpc) is 4.39. The van der Waals surface area contributed by atoms with Gasteiger partial charge < -0.3 is 13.6 Å². The van der Waals surface area contributed by atoms with E-state index in [1.807, 2.05) is 30.3 Å². The summed E-state index contributed by atoms with van der Waals surface area (Å²) in [6.07, 6.45) is 0. The largest absolute Gasteiger partial charge is 0.456 e. The van der Waals surface area contributed by atoms with Gasteiger partial charge in [0.1, 0.15) is 11.2 Å². The highest BCUT2D eigenvalue weighted by atomic mass is 16.3. The standard InChI is InChI=1S/C75H47N5O/c1-5-19-48(20-6-1)51-35-37-52(38-36-51)73-76-74(55-41-44-70-63(45-55)57-27-14-16-34-69(57)81-70)78-75(77-73)62-43-40-54(50-23-9-3-10-24-50)47-68(62)80-64-31-15-13-28-60(64)71-58(30-18-33-66(71)80)59-29-17-32-65-72(59)61-42-39-53(49-21-7-2-8-22-49)46-67(61)79(65)56-25-11-4-12-26-56/h1-47H. The van der Waals surface area contributed by atoms with Gasteiger partial charge in [-0.1, -0.05) is 212 Å². The number of hydrogen-bond acceptors (Lipinski definition) is 4. The SMILES string of the molecule is c1ccc(-c2ccc(-c3nc(-c4ccc5oc6ccccc6c5c4)nc(-c4ccc(-c5ccccc5)cc4-n4c5ccccc5c5c(-c6cccc7c6c6ccc(-c8ccccc8)cc6n7-c6ccccc6)cccc54)n3)cc2)cc1. The predicted octanol–water partition coefficient (Wildman–Crippen LogP) is 19.6. The van der Waals surface area contributed by atoms with E-state index < -0.39 is 0 Å². The first-order chi connectivity index (χ1) is 40.2. The molecule has 0 fully saturated rings. The molecule has 0 N–H and O–H groups in total. The molecule has 4 aromatic heterocycles. The van der Waals surface area contributed by atoms with Crippen LogP contribution in [0, 0.1) is 0 Å². The molecule has 0 aliphatic rings. The number of nitrogens with zero attached hydrogens (tertiary/aromatic N) is 5. The zero-order valence-corrected chi connectivity index (χ0v) is 43.8. The van der Waals surface area contributed by atoms with E-state index in [1.54, 1.807) is 0 Å². The van der Waals surface area contributed by atoms with Crippen LogP contribution >= 0.6 is 0 Å². The highest BCUT2D eigenvalue weighted by Gasteiger charge is 2.25. The van der Waals surface area contributed by atoms with Crippen LogP contribution in [0.1, 0.15) is 0 Å². The molecular weight excluding hydrogens is 987 g/mol. The van der Waals surface area contributed by atoms with E-state index in [9.17, 15) is 0 Å². The molecular formula is C75H47N5O. The fourth-order valence-electron chi connectivity index (χ4n) is 12.2. The summed E-state index contributed by atoms with van der Waals surface area (Å²) in [5.74, 6) is 1.70. The highest BCUT2D eigenvalue weighted by molar-refractivity contribution is 6.22. The van der Waals surface area contributed by atoms with Crippen LogP contribution in [0.5, 0.6) is 0 Å². The van der Waals surface area contributed by atoms with Crippen LogP contribution in [0.4, 0.5) is 0 Å². The van der Waals surface area contributed by atoms with E-state index in [2.05, 4.69) is 264 Å². The highest BCUT2D eigenvalue weighted by Crippen LogP contribution is 2.46. The molecule has 4 heterocycles. The first-order valence-electron chi connectivity index (χ1n) is 27.4. The number of para-hydroxylation sites is 3. The summed E-state index contributed by atoms with van der Waals surface area (Å²) in [7, 11) is 0. The summed E-state index contributed by atoms with van der Waals surface area (Å²) in [5.41, 5.74) is 19.9. The fourth-order valence-corrected chi connectivity index (χ4v) is 12.2.